The molecule has 0 saturated carbocycles. The number of hydrogen-bond acceptors (Lipinski definition) is 3. The second-order valence-electron chi connectivity index (χ2n) is 7.13. The second-order valence-corrected chi connectivity index (χ2v) is 7.13. The minimum Gasteiger partial charge on any atom is -0.333 e. The number of hydrogen-bond donors (Lipinski definition) is 1. The zero-order valence-corrected chi connectivity index (χ0v) is 15.5. The first-order valence-corrected chi connectivity index (χ1v) is 9.35. The third-order valence-electron chi connectivity index (χ3n) is 5.23. The van der Waals surface area contributed by atoms with E-state index in [1.165, 1.54) is 0 Å². The van der Waals surface area contributed by atoms with Gasteiger partial charge in [-0.25, -0.2) is 0 Å². The molecule has 1 atom stereocenters. The van der Waals surface area contributed by atoms with E-state index in [-0.39, 0.29) is 5.91 Å². The van der Waals surface area contributed by atoms with Crippen molar-refractivity contribution in [1.82, 2.24) is 4.90 Å². The largest absolute Gasteiger partial charge is 0.333 e. The molecule has 4 rings (SSSR count). The summed E-state index contributed by atoms with van der Waals surface area (Å²) < 4.78 is 0. The maximum Gasteiger partial charge on any atom is 0.240 e. The summed E-state index contributed by atoms with van der Waals surface area (Å²) in [4.78, 5) is 14.6. The molecule has 138 valence electrons. The van der Waals surface area contributed by atoms with Crippen LogP contribution in [0, 0.1) is 11.3 Å². The van der Waals surface area contributed by atoms with Crippen LogP contribution in [0.15, 0.2) is 72.8 Å². The molecule has 1 heterocycles. The van der Waals surface area contributed by atoms with Gasteiger partial charge in [-0.05, 0) is 40.3 Å². The molecule has 0 radical (unpaired) electrons. The van der Waals surface area contributed by atoms with E-state index in [1.54, 1.807) is 0 Å². The van der Waals surface area contributed by atoms with E-state index in [4.69, 9.17) is 5.73 Å². The first-order chi connectivity index (χ1) is 13.7. The maximum absolute atomic E-state index is 12.8. The molecule has 1 aliphatic heterocycles. The molecule has 4 nitrogen and oxygen atoms in total. The van der Waals surface area contributed by atoms with E-state index in [1.807, 2.05) is 71.6 Å². The molecule has 1 unspecified atom stereocenters. The first kappa shape index (κ1) is 18.0. The molecule has 0 saturated heterocycles. The minimum atomic E-state index is -0.509. The molecule has 0 fully saturated rings. The van der Waals surface area contributed by atoms with Gasteiger partial charge in [0.15, 0.2) is 0 Å². The SMILES string of the molecule is N#Cc1ccccc1-c1ccc(CN2Cc3ccccc3CC(N)C2=O)cc1. The Kier molecular flexibility index (Phi) is 4.92. The molecule has 28 heavy (non-hydrogen) atoms. The molecule has 1 amide bonds. The second kappa shape index (κ2) is 7.67. The van der Waals surface area contributed by atoms with Crippen LogP contribution in [0.5, 0.6) is 0 Å². The van der Waals surface area contributed by atoms with E-state index in [0.29, 0.717) is 25.1 Å². The average molecular weight is 367 g/mol. The zero-order chi connectivity index (χ0) is 19.5. The Morgan fingerprint density at radius 2 is 1.64 bits per heavy atom. The number of benzene rings is 3. The normalized spacial score (nSPS) is 16.2. The van der Waals surface area contributed by atoms with Crippen molar-refractivity contribution in [3.05, 3.63) is 95.1 Å². The van der Waals surface area contributed by atoms with Crippen molar-refractivity contribution in [1.29, 1.82) is 5.26 Å². The number of nitrogens with zero attached hydrogens (tertiary/aromatic N) is 2. The van der Waals surface area contributed by atoms with Gasteiger partial charge in [-0.1, -0.05) is 66.7 Å². The van der Waals surface area contributed by atoms with Crippen molar-refractivity contribution in [2.45, 2.75) is 25.6 Å². The number of carbonyl (C=O) groups excluding carboxylic acids is 1. The molecular weight excluding hydrogens is 346 g/mol. The lowest BCUT2D eigenvalue weighted by atomic mass is 9.99. The summed E-state index contributed by atoms with van der Waals surface area (Å²) in [5, 5.41) is 9.31. The molecule has 1 aliphatic rings. The van der Waals surface area contributed by atoms with Crippen LogP contribution in [0.25, 0.3) is 11.1 Å². The maximum atomic E-state index is 12.8. The van der Waals surface area contributed by atoms with E-state index >= 15 is 0 Å². The summed E-state index contributed by atoms with van der Waals surface area (Å²) in [6.45, 7) is 1.09. The number of carbonyl (C=O) groups is 1. The van der Waals surface area contributed by atoms with Gasteiger partial charge in [-0.2, -0.15) is 5.26 Å². The summed E-state index contributed by atoms with van der Waals surface area (Å²) >= 11 is 0. The summed E-state index contributed by atoms with van der Waals surface area (Å²) in [6.07, 6.45) is 0.579. The average Bonchev–Trinajstić information content (AvgIpc) is 2.85. The van der Waals surface area contributed by atoms with Gasteiger partial charge in [-0.3, -0.25) is 4.79 Å². The summed E-state index contributed by atoms with van der Waals surface area (Å²) in [6, 6.07) is 25.4. The van der Waals surface area contributed by atoms with Crippen molar-refractivity contribution >= 4 is 5.91 Å². The number of fused-ring (bicyclic) bond motifs is 1. The third kappa shape index (κ3) is 3.53. The van der Waals surface area contributed by atoms with Crippen LogP contribution in [-0.4, -0.2) is 16.8 Å². The van der Waals surface area contributed by atoms with Crippen LogP contribution in [0.3, 0.4) is 0 Å². The topological polar surface area (TPSA) is 70.1 Å². The van der Waals surface area contributed by atoms with Crippen LogP contribution in [0.4, 0.5) is 0 Å². The fraction of sp³-hybridized carbons (Fsp3) is 0.167. The Morgan fingerprint density at radius 1 is 0.964 bits per heavy atom. The Hall–Kier alpha value is -3.42. The van der Waals surface area contributed by atoms with E-state index < -0.39 is 6.04 Å². The fourth-order valence-electron chi connectivity index (χ4n) is 3.73. The van der Waals surface area contributed by atoms with Gasteiger partial charge in [0.2, 0.25) is 5.91 Å². The van der Waals surface area contributed by atoms with Gasteiger partial charge in [0.25, 0.3) is 0 Å². The molecule has 3 aromatic rings. The summed E-state index contributed by atoms with van der Waals surface area (Å²) in [7, 11) is 0. The highest BCUT2D eigenvalue weighted by Crippen LogP contribution is 2.25. The monoisotopic (exact) mass is 367 g/mol. The smallest absolute Gasteiger partial charge is 0.240 e. The Labute approximate surface area is 164 Å². The lowest BCUT2D eigenvalue weighted by Crippen LogP contribution is -2.42. The van der Waals surface area contributed by atoms with Gasteiger partial charge in [0.1, 0.15) is 0 Å². The molecule has 0 spiro atoms. The lowest BCUT2D eigenvalue weighted by Gasteiger charge is -2.23. The quantitative estimate of drug-likeness (QED) is 0.768. The highest BCUT2D eigenvalue weighted by Gasteiger charge is 2.26. The molecule has 3 aromatic carbocycles. The number of nitrogens with two attached hydrogens (primary N) is 1. The predicted octanol–water partition coefficient (Wildman–Crippen LogP) is 3.64. The van der Waals surface area contributed by atoms with Crippen molar-refractivity contribution in [3.63, 3.8) is 0 Å². The Bertz CT molecular complexity index is 1050. The van der Waals surface area contributed by atoms with Crippen molar-refractivity contribution in [3.8, 4) is 17.2 Å². The molecule has 4 heteroatoms. The van der Waals surface area contributed by atoms with E-state index in [2.05, 4.69) is 12.1 Å². The van der Waals surface area contributed by atoms with Crippen molar-refractivity contribution in [2.75, 3.05) is 0 Å². The number of nitriles is 1. The molecule has 0 bridgehead atoms. The Morgan fingerprint density at radius 3 is 2.39 bits per heavy atom. The van der Waals surface area contributed by atoms with Crippen LogP contribution < -0.4 is 5.73 Å². The first-order valence-electron chi connectivity index (χ1n) is 9.35. The summed E-state index contributed by atoms with van der Waals surface area (Å²) in [5.41, 5.74) is 12.0. The highest BCUT2D eigenvalue weighted by molar-refractivity contribution is 5.82. The fourth-order valence-corrected chi connectivity index (χ4v) is 3.73. The van der Waals surface area contributed by atoms with Crippen LogP contribution >= 0.6 is 0 Å². The van der Waals surface area contributed by atoms with Crippen molar-refractivity contribution in [2.24, 2.45) is 5.73 Å². The van der Waals surface area contributed by atoms with Gasteiger partial charge in [0.05, 0.1) is 17.7 Å². The predicted molar refractivity (Wildman–Crippen MR) is 109 cm³/mol. The number of amides is 1. The zero-order valence-electron chi connectivity index (χ0n) is 15.5. The van der Waals surface area contributed by atoms with Gasteiger partial charge in [-0.15, -0.1) is 0 Å². The van der Waals surface area contributed by atoms with Gasteiger partial charge >= 0.3 is 0 Å². The minimum absolute atomic E-state index is 0.0184. The molecule has 0 aromatic heterocycles. The van der Waals surface area contributed by atoms with Crippen LogP contribution in [-0.2, 0) is 24.3 Å². The summed E-state index contributed by atoms with van der Waals surface area (Å²) in [5.74, 6) is -0.0184. The van der Waals surface area contributed by atoms with Gasteiger partial charge in [0, 0.05) is 13.1 Å². The van der Waals surface area contributed by atoms with Crippen LogP contribution in [0.2, 0.25) is 0 Å². The van der Waals surface area contributed by atoms with Crippen molar-refractivity contribution < 1.29 is 4.79 Å². The third-order valence-corrected chi connectivity index (χ3v) is 5.23. The Balaban J connectivity index is 1.57. The van der Waals surface area contributed by atoms with E-state index in [0.717, 1.165) is 27.8 Å². The standard InChI is InChI=1S/C24H21N3O/c25-14-20-6-3-4-8-22(20)18-11-9-17(10-12-18)15-27-16-21-7-2-1-5-19(21)13-23(26)24(27)28/h1-12,23H,13,15-16,26H2. The number of rotatable bonds is 3. The van der Waals surface area contributed by atoms with E-state index in [9.17, 15) is 10.1 Å². The lowest BCUT2D eigenvalue weighted by molar-refractivity contribution is -0.133. The highest BCUT2D eigenvalue weighted by atomic mass is 16.2. The molecule has 2 N–H and O–H groups in total. The van der Waals surface area contributed by atoms with Crippen LogP contribution in [0.1, 0.15) is 22.3 Å². The van der Waals surface area contributed by atoms with Gasteiger partial charge < -0.3 is 10.6 Å². The molecular formula is C24H21N3O. The molecule has 0 aliphatic carbocycles.